The lowest BCUT2D eigenvalue weighted by Crippen LogP contribution is -2.50. The molecule has 10 heteroatoms. The molecule has 1 unspecified atom stereocenters. The second kappa shape index (κ2) is 10.1. The zero-order chi connectivity index (χ0) is 25.0. The van der Waals surface area contributed by atoms with E-state index in [0.29, 0.717) is 22.8 Å². The molecule has 1 aliphatic rings. The predicted molar refractivity (Wildman–Crippen MR) is 134 cm³/mol. The standard InChI is InChI=1S/C25H26N4O5S/c1-26-25(31)23-16-29(21-13-6-7-14-22(21)34-23)17-24(30)27-18-9-8-12-20(15-18)35(32,33)28(2)19-10-4-3-5-11-19/h3-15,23H,16-17H2,1-2H3,(H,26,31)(H,27,30). The van der Waals surface area contributed by atoms with Crippen LogP contribution in [0.1, 0.15) is 0 Å². The number of benzene rings is 3. The molecule has 3 aromatic rings. The molecule has 0 bridgehead atoms. The van der Waals surface area contributed by atoms with Crippen LogP contribution in [0.5, 0.6) is 5.75 Å². The topological polar surface area (TPSA) is 108 Å². The third kappa shape index (κ3) is 5.22. The summed E-state index contributed by atoms with van der Waals surface area (Å²) in [5.41, 5.74) is 1.57. The summed E-state index contributed by atoms with van der Waals surface area (Å²) in [6.07, 6.45) is -0.760. The van der Waals surface area contributed by atoms with E-state index in [0.717, 1.165) is 0 Å². The Morgan fingerprint density at radius 1 is 1.03 bits per heavy atom. The number of anilines is 3. The molecule has 3 aromatic carbocycles. The number of rotatable bonds is 7. The van der Waals surface area contributed by atoms with Crippen LogP contribution in [0.3, 0.4) is 0 Å². The van der Waals surface area contributed by atoms with Crippen LogP contribution in [0.15, 0.2) is 83.8 Å². The van der Waals surface area contributed by atoms with Gasteiger partial charge in [-0.15, -0.1) is 0 Å². The number of nitrogens with one attached hydrogen (secondary N) is 2. The summed E-state index contributed by atoms with van der Waals surface area (Å²) >= 11 is 0. The maximum Gasteiger partial charge on any atom is 0.264 e. The number of sulfonamides is 1. The molecule has 4 rings (SSSR count). The average Bonchev–Trinajstić information content (AvgIpc) is 2.88. The predicted octanol–water partition coefficient (Wildman–Crippen LogP) is 2.46. The van der Waals surface area contributed by atoms with Crippen molar-refractivity contribution in [1.82, 2.24) is 5.32 Å². The second-order valence-electron chi connectivity index (χ2n) is 7.95. The lowest BCUT2D eigenvalue weighted by Gasteiger charge is -2.35. The molecule has 2 N–H and O–H groups in total. The van der Waals surface area contributed by atoms with Gasteiger partial charge in [0.05, 0.1) is 29.4 Å². The molecule has 0 aromatic heterocycles. The van der Waals surface area contributed by atoms with Crippen molar-refractivity contribution in [3.05, 3.63) is 78.9 Å². The van der Waals surface area contributed by atoms with Gasteiger partial charge in [0.25, 0.3) is 15.9 Å². The van der Waals surface area contributed by atoms with Crippen LogP contribution in [0.25, 0.3) is 0 Å². The molecule has 0 saturated heterocycles. The molecule has 0 fully saturated rings. The van der Waals surface area contributed by atoms with Gasteiger partial charge < -0.3 is 20.3 Å². The first-order valence-electron chi connectivity index (χ1n) is 11.0. The van der Waals surface area contributed by atoms with Gasteiger partial charge in [-0.2, -0.15) is 0 Å². The first-order valence-corrected chi connectivity index (χ1v) is 12.4. The van der Waals surface area contributed by atoms with Crippen molar-refractivity contribution in [2.75, 3.05) is 41.7 Å². The Bertz CT molecular complexity index is 1330. The molecule has 2 amide bonds. The Balaban J connectivity index is 1.50. The van der Waals surface area contributed by atoms with Gasteiger partial charge >= 0.3 is 0 Å². The summed E-state index contributed by atoms with van der Waals surface area (Å²) < 4.78 is 33.2. The van der Waals surface area contributed by atoms with Crippen molar-refractivity contribution in [3.63, 3.8) is 0 Å². The third-order valence-corrected chi connectivity index (χ3v) is 7.41. The van der Waals surface area contributed by atoms with E-state index in [-0.39, 0.29) is 29.8 Å². The van der Waals surface area contributed by atoms with Gasteiger partial charge in [0.2, 0.25) is 5.91 Å². The fraction of sp³-hybridized carbons (Fsp3) is 0.200. The molecule has 0 aliphatic carbocycles. The lowest BCUT2D eigenvalue weighted by molar-refractivity contribution is -0.127. The van der Waals surface area contributed by atoms with Crippen LogP contribution in [-0.4, -0.2) is 53.5 Å². The molecule has 1 heterocycles. The molecule has 182 valence electrons. The van der Waals surface area contributed by atoms with E-state index in [1.165, 1.54) is 30.5 Å². The van der Waals surface area contributed by atoms with Crippen molar-refractivity contribution < 1.29 is 22.7 Å². The van der Waals surface area contributed by atoms with E-state index in [4.69, 9.17) is 4.74 Å². The van der Waals surface area contributed by atoms with Gasteiger partial charge in [-0.25, -0.2) is 8.42 Å². The van der Waals surface area contributed by atoms with Crippen LogP contribution in [0, 0.1) is 0 Å². The van der Waals surface area contributed by atoms with Crippen molar-refractivity contribution in [2.45, 2.75) is 11.0 Å². The van der Waals surface area contributed by atoms with Crippen LogP contribution < -0.4 is 24.6 Å². The normalized spacial score (nSPS) is 14.9. The molecular formula is C25H26N4O5S. The van der Waals surface area contributed by atoms with Crippen LogP contribution in [0.4, 0.5) is 17.1 Å². The summed E-state index contributed by atoms with van der Waals surface area (Å²) in [5, 5.41) is 5.33. The van der Waals surface area contributed by atoms with Gasteiger partial charge in [0.15, 0.2) is 6.10 Å². The van der Waals surface area contributed by atoms with E-state index >= 15 is 0 Å². The van der Waals surface area contributed by atoms with Gasteiger partial charge in [-0.1, -0.05) is 36.4 Å². The quantitative estimate of drug-likeness (QED) is 0.523. The van der Waals surface area contributed by atoms with Crippen LogP contribution in [-0.2, 0) is 19.6 Å². The maximum atomic E-state index is 13.1. The Morgan fingerprint density at radius 2 is 1.74 bits per heavy atom. The molecular weight excluding hydrogens is 468 g/mol. The molecule has 0 saturated carbocycles. The molecule has 9 nitrogen and oxygen atoms in total. The summed E-state index contributed by atoms with van der Waals surface area (Å²) in [7, 11) is -0.818. The highest BCUT2D eigenvalue weighted by Crippen LogP contribution is 2.33. The van der Waals surface area contributed by atoms with Gasteiger partial charge in [-0.05, 0) is 42.5 Å². The minimum Gasteiger partial charge on any atom is -0.477 e. The zero-order valence-corrected chi connectivity index (χ0v) is 20.2. The monoisotopic (exact) mass is 494 g/mol. The summed E-state index contributed by atoms with van der Waals surface area (Å²) in [6, 6.07) is 22.0. The summed E-state index contributed by atoms with van der Waals surface area (Å²) in [5.74, 6) is -0.133. The fourth-order valence-electron chi connectivity index (χ4n) is 3.80. The Kier molecular flexibility index (Phi) is 6.92. The van der Waals surface area contributed by atoms with E-state index in [9.17, 15) is 18.0 Å². The van der Waals surface area contributed by atoms with Gasteiger partial charge in [0.1, 0.15) is 5.75 Å². The largest absolute Gasteiger partial charge is 0.477 e. The van der Waals surface area contributed by atoms with E-state index < -0.39 is 16.1 Å². The highest BCUT2D eigenvalue weighted by molar-refractivity contribution is 7.92. The number of nitrogens with zero attached hydrogens (tertiary/aromatic N) is 2. The lowest BCUT2D eigenvalue weighted by atomic mass is 10.1. The number of likely N-dealkylation sites (N-methyl/N-ethyl adjacent to an activating group) is 1. The highest BCUT2D eigenvalue weighted by Gasteiger charge is 2.31. The minimum absolute atomic E-state index is 0.0469. The molecule has 35 heavy (non-hydrogen) atoms. The highest BCUT2D eigenvalue weighted by atomic mass is 32.2. The Morgan fingerprint density at radius 3 is 2.49 bits per heavy atom. The average molecular weight is 495 g/mol. The first-order chi connectivity index (χ1) is 16.8. The number of hydrogen-bond donors (Lipinski definition) is 2. The number of carbonyl (C=O) groups is 2. The number of carbonyl (C=O) groups excluding carboxylic acids is 2. The van der Waals surface area contributed by atoms with Crippen LogP contribution >= 0.6 is 0 Å². The van der Waals surface area contributed by atoms with Crippen LogP contribution in [0.2, 0.25) is 0 Å². The first kappa shape index (κ1) is 24.1. The van der Waals surface area contributed by atoms with E-state index in [1.807, 2.05) is 18.2 Å². The SMILES string of the molecule is CNC(=O)C1CN(CC(=O)Nc2cccc(S(=O)(=O)N(C)c3ccccc3)c2)c2ccccc2O1. The van der Waals surface area contributed by atoms with Gasteiger partial charge in [0, 0.05) is 19.8 Å². The van der Waals surface area contributed by atoms with E-state index in [1.54, 1.807) is 53.4 Å². The molecule has 1 atom stereocenters. The molecule has 0 spiro atoms. The van der Waals surface area contributed by atoms with Gasteiger partial charge in [-0.3, -0.25) is 13.9 Å². The summed E-state index contributed by atoms with van der Waals surface area (Å²) in [4.78, 5) is 26.9. The smallest absolute Gasteiger partial charge is 0.264 e. The molecule has 1 aliphatic heterocycles. The number of hydrogen-bond acceptors (Lipinski definition) is 6. The Hall–Kier alpha value is -4.05. The summed E-state index contributed by atoms with van der Waals surface area (Å²) in [6.45, 7) is 0.148. The number of fused-ring (bicyclic) bond motifs is 1. The van der Waals surface area contributed by atoms with Crippen molar-refractivity contribution in [1.29, 1.82) is 0 Å². The number of amides is 2. The molecule has 0 radical (unpaired) electrons. The second-order valence-corrected chi connectivity index (χ2v) is 9.92. The third-order valence-electron chi connectivity index (χ3n) is 5.63. The van der Waals surface area contributed by atoms with Crippen molar-refractivity contribution >= 4 is 38.9 Å². The fourth-order valence-corrected chi connectivity index (χ4v) is 5.04. The van der Waals surface area contributed by atoms with E-state index in [2.05, 4.69) is 10.6 Å². The minimum atomic E-state index is -3.83. The van der Waals surface area contributed by atoms with Crippen molar-refractivity contribution in [3.8, 4) is 5.75 Å². The number of ether oxygens (including phenoxy) is 1. The maximum absolute atomic E-state index is 13.1. The zero-order valence-electron chi connectivity index (χ0n) is 19.3. The van der Waals surface area contributed by atoms with Crippen molar-refractivity contribution in [2.24, 2.45) is 0 Å². The number of para-hydroxylation sites is 3. The Labute approximate surface area is 204 Å².